The lowest BCUT2D eigenvalue weighted by Gasteiger charge is -2.14. The molecule has 0 aliphatic rings. The van der Waals surface area contributed by atoms with E-state index in [1.165, 1.54) is 12.4 Å². The summed E-state index contributed by atoms with van der Waals surface area (Å²) in [6.45, 7) is 1.70. The van der Waals surface area contributed by atoms with Crippen molar-refractivity contribution in [3.63, 3.8) is 0 Å². The van der Waals surface area contributed by atoms with Crippen molar-refractivity contribution >= 4 is 0 Å². The molecule has 0 bridgehead atoms. The van der Waals surface area contributed by atoms with Crippen molar-refractivity contribution in [3.8, 4) is 0 Å². The van der Waals surface area contributed by atoms with E-state index in [0.29, 0.717) is 11.4 Å². The summed E-state index contributed by atoms with van der Waals surface area (Å²) in [6.07, 6.45) is 1.40. The molecule has 1 aromatic carbocycles. The van der Waals surface area contributed by atoms with Crippen LogP contribution >= 0.6 is 0 Å². The topological polar surface area (TPSA) is 79.6 Å². The van der Waals surface area contributed by atoms with Crippen LogP contribution in [0.15, 0.2) is 24.5 Å². The minimum Gasteiger partial charge on any atom is -0.270 e. The maximum atomic E-state index is 13.1. The Labute approximate surface area is 91.9 Å². The first-order valence-electron chi connectivity index (χ1n) is 4.80. The first-order chi connectivity index (χ1) is 7.72. The second-order valence-electron chi connectivity index (χ2n) is 3.48. The van der Waals surface area contributed by atoms with Crippen LogP contribution in [0.2, 0.25) is 0 Å². The molecule has 0 aliphatic carbocycles. The number of hydrogen-bond donors (Lipinski definition) is 3. The van der Waals surface area contributed by atoms with Gasteiger partial charge >= 0.3 is 0 Å². The second-order valence-corrected chi connectivity index (χ2v) is 3.48. The lowest BCUT2D eigenvalue weighted by atomic mass is 10.0. The maximum absolute atomic E-state index is 13.1. The van der Waals surface area contributed by atoms with Crippen LogP contribution in [0.4, 0.5) is 4.39 Å². The first-order valence-corrected chi connectivity index (χ1v) is 4.80. The highest BCUT2D eigenvalue weighted by molar-refractivity contribution is 5.29. The van der Waals surface area contributed by atoms with Gasteiger partial charge in [0.1, 0.15) is 24.0 Å². The zero-order valence-corrected chi connectivity index (χ0v) is 8.74. The number of hydrazine groups is 1. The Morgan fingerprint density at radius 3 is 2.88 bits per heavy atom. The smallest absolute Gasteiger partial charge is 0.147 e. The van der Waals surface area contributed by atoms with Gasteiger partial charge in [-0.3, -0.25) is 10.9 Å². The fourth-order valence-electron chi connectivity index (χ4n) is 1.53. The number of H-pyrrole nitrogens is 1. The summed E-state index contributed by atoms with van der Waals surface area (Å²) in [6, 6.07) is 4.48. The van der Waals surface area contributed by atoms with Gasteiger partial charge in [-0.2, -0.15) is 5.10 Å². The molecule has 0 saturated carbocycles. The molecule has 0 spiro atoms. The fraction of sp³-hybridized carbons (Fsp3) is 0.200. The maximum Gasteiger partial charge on any atom is 0.147 e. The van der Waals surface area contributed by atoms with Gasteiger partial charge in [0.15, 0.2) is 0 Å². The molecule has 2 aromatic rings. The largest absolute Gasteiger partial charge is 0.270 e. The molecular weight excluding hydrogens is 209 g/mol. The Bertz CT molecular complexity index is 468. The van der Waals surface area contributed by atoms with Crippen LogP contribution in [0.3, 0.4) is 0 Å². The minimum absolute atomic E-state index is 0.239. The third-order valence-corrected chi connectivity index (χ3v) is 2.39. The molecule has 1 unspecified atom stereocenters. The molecule has 4 N–H and O–H groups in total. The van der Waals surface area contributed by atoms with Gasteiger partial charge in [0.2, 0.25) is 0 Å². The van der Waals surface area contributed by atoms with Gasteiger partial charge in [0.25, 0.3) is 0 Å². The summed E-state index contributed by atoms with van der Waals surface area (Å²) < 4.78 is 13.1. The molecule has 6 heteroatoms. The summed E-state index contributed by atoms with van der Waals surface area (Å²) in [7, 11) is 0. The van der Waals surface area contributed by atoms with Gasteiger partial charge in [-0.25, -0.2) is 14.8 Å². The summed E-state index contributed by atoms with van der Waals surface area (Å²) in [5.74, 6) is 5.81. The molecule has 84 valence electrons. The van der Waals surface area contributed by atoms with E-state index in [1.54, 1.807) is 19.1 Å². The third kappa shape index (κ3) is 1.93. The quantitative estimate of drug-likeness (QED) is 0.529. The molecule has 0 fully saturated rings. The number of nitrogens with zero attached hydrogens (tertiary/aromatic N) is 2. The molecule has 0 amide bonds. The van der Waals surface area contributed by atoms with Crippen LogP contribution in [0, 0.1) is 12.7 Å². The van der Waals surface area contributed by atoms with Gasteiger partial charge in [-0.05, 0) is 24.1 Å². The van der Waals surface area contributed by atoms with Gasteiger partial charge in [0, 0.05) is 0 Å². The van der Waals surface area contributed by atoms with Crippen molar-refractivity contribution < 1.29 is 4.39 Å². The number of nitrogens with one attached hydrogen (secondary N) is 2. The molecule has 1 atom stereocenters. The monoisotopic (exact) mass is 221 g/mol. The summed E-state index contributed by atoms with van der Waals surface area (Å²) in [4.78, 5) is 4.01. The normalized spacial score (nSPS) is 12.7. The Morgan fingerprint density at radius 2 is 2.31 bits per heavy atom. The van der Waals surface area contributed by atoms with E-state index in [9.17, 15) is 4.39 Å². The van der Waals surface area contributed by atoms with Crippen LogP contribution in [0.5, 0.6) is 0 Å². The standard InChI is InChI=1S/C10H12FN5/c1-6-4-7(2-3-8(6)11)9(15-12)10-13-5-14-16-10/h2-5,9,15H,12H2,1H3,(H,13,14,16). The molecule has 0 saturated heterocycles. The first kappa shape index (κ1) is 10.7. The zero-order chi connectivity index (χ0) is 11.5. The number of aromatic amines is 1. The molecule has 2 rings (SSSR count). The van der Waals surface area contributed by atoms with Crippen molar-refractivity contribution in [2.75, 3.05) is 0 Å². The molecule has 0 aliphatic heterocycles. The highest BCUT2D eigenvalue weighted by Crippen LogP contribution is 2.19. The number of rotatable bonds is 3. The molecule has 0 radical (unpaired) electrons. The van der Waals surface area contributed by atoms with Crippen LogP contribution in [0.1, 0.15) is 23.0 Å². The van der Waals surface area contributed by atoms with Crippen molar-refractivity contribution in [1.82, 2.24) is 20.6 Å². The Morgan fingerprint density at radius 1 is 1.50 bits per heavy atom. The van der Waals surface area contributed by atoms with E-state index in [4.69, 9.17) is 5.84 Å². The van der Waals surface area contributed by atoms with Gasteiger partial charge < -0.3 is 0 Å². The molecule has 1 heterocycles. The number of hydrogen-bond acceptors (Lipinski definition) is 4. The number of aryl methyl sites for hydroxylation is 1. The summed E-state index contributed by atoms with van der Waals surface area (Å²) in [5, 5.41) is 6.47. The van der Waals surface area contributed by atoms with Crippen molar-refractivity contribution in [1.29, 1.82) is 0 Å². The number of benzene rings is 1. The average molecular weight is 221 g/mol. The van der Waals surface area contributed by atoms with Crippen LogP contribution in [-0.2, 0) is 0 Å². The molecule has 16 heavy (non-hydrogen) atoms. The zero-order valence-electron chi connectivity index (χ0n) is 8.74. The van der Waals surface area contributed by atoms with Crippen LogP contribution in [0.25, 0.3) is 0 Å². The molecule has 1 aromatic heterocycles. The Hall–Kier alpha value is -1.79. The summed E-state index contributed by atoms with van der Waals surface area (Å²) in [5.41, 5.74) is 4.01. The Kier molecular flexibility index (Phi) is 2.93. The highest BCUT2D eigenvalue weighted by atomic mass is 19.1. The summed E-state index contributed by atoms with van der Waals surface area (Å²) >= 11 is 0. The van der Waals surface area contributed by atoms with E-state index in [0.717, 1.165) is 5.56 Å². The molecule has 5 nitrogen and oxygen atoms in total. The predicted molar refractivity (Wildman–Crippen MR) is 56.7 cm³/mol. The molecular formula is C10H12FN5. The lowest BCUT2D eigenvalue weighted by molar-refractivity contribution is 0.593. The van der Waals surface area contributed by atoms with E-state index in [1.807, 2.05) is 0 Å². The lowest BCUT2D eigenvalue weighted by Crippen LogP contribution is -2.29. The number of halogens is 1. The van der Waals surface area contributed by atoms with E-state index >= 15 is 0 Å². The van der Waals surface area contributed by atoms with Gasteiger partial charge in [-0.15, -0.1) is 0 Å². The SMILES string of the molecule is Cc1cc(C(NN)c2ncn[nH]2)ccc1F. The van der Waals surface area contributed by atoms with Crippen LogP contribution in [-0.4, -0.2) is 15.2 Å². The van der Waals surface area contributed by atoms with Gasteiger partial charge in [0.05, 0.1) is 0 Å². The van der Waals surface area contributed by atoms with Crippen LogP contribution < -0.4 is 11.3 Å². The van der Waals surface area contributed by atoms with E-state index < -0.39 is 0 Å². The van der Waals surface area contributed by atoms with E-state index in [-0.39, 0.29) is 11.9 Å². The minimum atomic E-state index is -0.318. The Balaban J connectivity index is 2.37. The second kappa shape index (κ2) is 4.38. The third-order valence-electron chi connectivity index (χ3n) is 2.39. The van der Waals surface area contributed by atoms with Crippen molar-refractivity contribution in [3.05, 3.63) is 47.3 Å². The highest BCUT2D eigenvalue weighted by Gasteiger charge is 2.15. The van der Waals surface area contributed by atoms with Crippen molar-refractivity contribution in [2.45, 2.75) is 13.0 Å². The average Bonchev–Trinajstić information content (AvgIpc) is 2.78. The number of nitrogens with two attached hydrogens (primary N) is 1. The van der Waals surface area contributed by atoms with Crippen molar-refractivity contribution in [2.24, 2.45) is 5.84 Å². The van der Waals surface area contributed by atoms with E-state index in [2.05, 4.69) is 20.6 Å². The number of aromatic nitrogens is 3. The van der Waals surface area contributed by atoms with Gasteiger partial charge in [-0.1, -0.05) is 12.1 Å². The predicted octanol–water partition coefficient (Wildman–Crippen LogP) is 0.805. The fourth-order valence-corrected chi connectivity index (χ4v) is 1.53.